The first-order valence-corrected chi connectivity index (χ1v) is 11.7. The molecule has 1 saturated carbocycles. The summed E-state index contributed by atoms with van der Waals surface area (Å²) in [6.45, 7) is 2.92. The highest BCUT2D eigenvalue weighted by molar-refractivity contribution is 7.09. The monoisotopic (exact) mass is 413 g/mol. The highest BCUT2D eigenvalue weighted by Crippen LogP contribution is 2.34. The lowest BCUT2D eigenvalue weighted by Crippen LogP contribution is -2.43. The minimum Gasteiger partial charge on any atom is -0.496 e. The van der Waals surface area contributed by atoms with Gasteiger partial charge in [0.25, 0.3) is 0 Å². The number of likely N-dealkylation sites (tertiary alicyclic amines) is 1. The van der Waals surface area contributed by atoms with Gasteiger partial charge >= 0.3 is 0 Å². The Morgan fingerprint density at radius 3 is 2.86 bits per heavy atom. The van der Waals surface area contributed by atoms with E-state index in [1.807, 2.05) is 23.7 Å². The lowest BCUT2D eigenvalue weighted by molar-refractivity contribution is -0.126. The Balaban J connectivity index is 1.46. The van der Waals surface area contributed by atoms with Gasteiger partial charge in [-0.1, -0.05) is 31.0 Å². The second-order valence-corrected chi connectivity index (χ2v) is 9.21. The van der Waals surface area contributed by atoms with Gasteiger partial charge in [-0.2, -0.15) is 0 Å². The Labute approximate surface area is 177 Å². The van der Waals surface area contributed by atoms with E-state index >= 15 is 0 Å². The zero-order valence-electron chi connectivity index (χ0n) is 17.2. The average molecular weight is 414 g/mol. The van der Waals surface area contributed by atoms with Crippen LogP contribution in [0.5, 0.6) is 5.75 Å². The summed E-state index contributed by atoms with van der Waals surface area (Å²) in [6.07, 6.45) is 8.52. The van der Waals surface area contributed by atoms with Crippen LogP contribution in [0.4, 0.5) is 0 Å². The number of carbonyl (C=O) groups is 1. The van der Waals surface area contributed by atoms with E-state index in [2.05, 4.69) is 27.3 Å². The van der Waals surface area contributed by atoms with Gasteiger partial charge < -0.3 is 10.1 Å². The molecular formula is C23H31N3O2S. The zero-order valence-corrected chi connectivity index (χ0v) is 18.0. The number of amides is 1. The van der Waals surface area contributed by atoms with Crippen LogP contribution in [0.25, 0.3) is 0 Å². The molecule has 2 fully saturated rings. The van der Waals surface area contributed by atoms with Crippen LogP contribution in [-0.2, 0) is 11.3 Å². The highest BCUT2D eigenvalue weighted by atomic mass is 32.1. The van der Waals surface area contributed by atoms with Crippen LogP contribution in [-0.4, -0.2) is 36.0 Å². The van der Waals surface area contributed by atoms with E-state index in [4.69, 9.17) is 4.74 Å². The van der Waals surface area contributed by atoms with Crippen molar-refractivity contribution >= 4 is 17.2 Å². The van der Waals surface area contributed by atoms with E-state index in [9.17, 15) is 4.79 Å². The average Bonchev–Trinajstić information content (AvgIpc) is 3.47. The number of carbonyl (C=O) groups excluding carboxylic acids is 1. The summed E-state index contributed by atoms with van der Waals surface area (Å²) >= 11 is 1.66. The van der Waals surface area contributed by atoms with Crippen molar-refractivity contribution in [2.45, 2.75) is 51.1 Å². The lowest BCUT2D eigenvalue weighted by atomic mass is 9.90. The number of benzene rings is 1. The maximum absolute atomic E-state index is 12.9. The first kappa shape index (κ1) is 20.4. The molecule has 0 unspecified atom stereocenters. The van der Waals surface area contributed by atoms with Crippen molar-refractivity contribution in [1.29, 1.82) is 0 Å². The predicted molar refractivity (Wildman–Crippen MR) is 116 cm³/mol. The van der Waals surface area contributed by atoms with Gasteiger partial charge in [-0.25, -0.2) is 4.98 Å². The molecule has 6 heteroatoms. The summed E-state index contributed by atoms with van der Waals surface area (Å²) in [5, 5.41) is 6.45. The first-order chi connectivity index (χ1) is 14.2. The molecule has 1 aromatic carbocycles. The summed E-state index contributed by atoms with van der Waals surface area (Å²) in [4.78, 5) is 20.0. The summed E-state index contributed by atoms with van der Waals surface area (Å²) < 4.78 is 5.54. The third kappa shape index (κ3) is 4.98. The normalized spacial score (nSPS) is 21.8. The van der Waals surface area contributed by atoms with Crippen LogP contribution in [0, 0.1) is 11.8 Å². The van der Waals surface area contributed by atoms with Crippen molar-refractivity contribution in [2.24, 2.45) is 11.8 Å². The molecule has 1 amide bonds. The van der Waals surface area contributed by atoms with Crippen LogP contribution in [0.1, 0.15) is 55.1 Å². The molecule has 1 saturated heterocycles. The third-order valence-electron chi connectivity index (χ3n) is 6.34. The zero-order chi connectivity index (χ0) is 20.1. The molecule has 1 aromatic heterocycles. The largest absolute Gasteiger partial charge is 0.496 e. The van der Waals surface area contributed by atoms with Crippen molar-refractivity contribution in [3.63, 3.8) is 0 Å². The summed E-state index contributed by atoms with van der Waals surface area (Å²) in [5.41, 5.74) is 1.22. The maximum Gasteiger partial charge on any atom is 0.223 e. The fourth-order valence-electron chi connectivity index (χ4n) is 4.81. The molecule has 2 atom stereocenters. The number of hydrogen-bond acceptors (Lipinski definition) is 5. The number of hydrogen-bond donors (Lipinski definition) is 1. The lowest BCUT2D eigenvalue weighted by Gasteiger charge is -2.37. The van der Waals surface area contributed by atoms with Crippen LogP contribution in [0.2, 0.25) is 0 Å². The molecular weight excluding hydrogens is 382 g/mol. The van der Waals surface area contributed by atoms with Gasteiger partial charge in [0, 0.05) is 36.1 Å². The molecule has 2 aliphatic rings. The standard InChI is InChI=1S/C23H31N3O2S/c1-28-20-11-5-4-9-18(20)15-26-13-6-10-19(16-26)21(23-24-12-14-29-23)25-22(27)17-7-2-3-8-17/h4-5,9,11-12,14,17,19,21H,2-3,6-8,10,13,15-16H2,1H3,(H,25,27)/t19-,21+/m0/s1. The molecule has 0 bridgehead atoms. The first-order valence-electron chi connectivity index (χ1n) is 10.8. The molecule has 2 aromatic rings. The van der Waals surface area contributed by atoms with Crippen molar-refractivity contribution in [2.75, 3.05) is 20.2 Å². The Morgan fingerprint density at radius 2 is 2.10 bits per heavy atom. The minimum atomic E-state index is 0.0172. The predicted octanol–water partition coefficient (Wildman–Crippen LogP) is 4.41. The number of methoxy groups -OCH3 is 1. The molecule has 156 valence electrons. The fraction of sp³-hybridized carbons (Fsp3) is 0.565. The molecule has 5 nitrogen and oxygen atoms in total. The van der Waals surface area contributed by atoms with Crippen molar-refractivity contribution in [3.05, 3.63) is 46.4 Å². The summed E-state index contributed by atoms with van der Waals surface area (Å²) in [6, 6.07) is 8.26. The quantitative estimate of drug-likeness (QED) is 0.730. The third-order valence-corrected chi connectivity index (χ3v) is 7.20. The molecule has 2 heterocycles. The number of piperidine rings is 1. The number of para-hydroxylation sites is 1. The number of ether oxygens (including phenoxy) is 1. The van der Waals surface area contributed by atoms with Crippen LogP contribution >= 0.6 is 11.3 Å². The van der Waals surface area contributed by atoms with Gasteiger partial charge in [0.1, 0.15) is 10.8 Å². The maximum atomic E-state index is 12.9. The van der Waals surface area contributed by atoms with Gasteiger partial charge in [-0.05, 0) is 44.2 Å². The molecule has 1 N–H and O–H groups in total. The molecule has 0 radical (unpaired) electrons. The van der Waals surface area contributed by atoms with E-state index in [1.54, 1.807) is 18.4 Å². The Bertz CT molecular complexity index is 789. The second-order valence-electron chi connectivity index (χ2n) is 8.29. The smallest absolute Gasteiger partial charge is 0.223 e. The van der Waals surface area contributed by atoms with E-state index in [1.165, 1.54) is 18.4 Å². The molecule has 1 aliphatic carbocycles. The highest BCUT2D eigenvalue weighted by Gasteiger charge is 2.33. The van der Waals surface area contributed by atoms with Gasteiger partial charge in [0.05, 0.1) is 13.2 Å². The number of nitrogens with one attached hydrogen (secondary N) is 1. The molecule has 0 spiro atoms. The minimum absolute atomic E-state index is 0.0172. The van der Waals surface area contributed by atoms with Gasteiger partial charge in [0.2, 0.25) is 5.91 Å². The second kappa shape index (κ2) is 9.72. The van der Waals surface area contributed by atoms with Gasteiger partial charge in [-0.3, -0.25) is 9.69 Å². The number of nitrogens with zero attached hydrogens (tertiary/aromatic N) is 2. The van der Waals surface area contributed by atoms with Crippen LogP contribution in [0.15, 0.2) is 35.8 Å². The molecule has 29 heavy (non-hydrogen) atoms. The van der Waals surface area contributed by atoms with Crippen molar-refractivity contribution in [1.82, 2.24) is 15.2 Å². The molecule has 1 aliphatic heterocycles. The van der Waals surface area contributed by atoms with Gasteiger partial charge in [-0.15, -0.1) is 11.3 Å². The Hall–Kier alpha value is -1.92. The number of aromatic nitrogens is 1. The Kier molecular flexibility index (Phi) is 6.82. The summed E-state index contributed by atoms with van der Waals surface area (Å²) in [7, 11) is 1.73. The van der Waals surface area contributed by atoms with Crippen molar-refractivity contribution in [3.8, 4) is 5.75 Å². The van der Waals surface area contributed by atoms with Crippen LogP contribution < -0.4 is 10.1 Å². The topological polar surface area (TPSA) is 54.5 Å². The van der Waals surface area contributed by atoms with E-state index in [0.717, 1.165) is 56.1 Å². The van der Waals surface area contributed by atoms with E-state index < -0.39 is 0 Å². The number of rotatable bonds is 7. The molecule has 4 rings (SSSR count). The van der Waals surface area contributed by atoms with Gasteiger partial charge in [0.15, 0.2) is 0 Å². The summed E-state index contributed by atoms with van der Waals surface area (Å²) in [5.74, 6) is 1.74. The SMILES string of the molecule is COc1ccccc1CN1CCC[C@H]([C@@H](NC(=O)C2CCCC2)c2nccs2)C1. The Morgan fingerprint density at radius 1 is 1.28 bits per heavy atom. The van der Waals surface area contributed by atoms with Crippen molar-refractivity contribution < 1.29 is 9.53 Å². The van der Waals surface area contributed by atoms with E-state index in [0.29, 0.717) is 5.92 Å². The number of thiazole rings is 1. The van der Waals surface area contributed by atoms with E-state index in [-0.39, 0.29) is 17.9 Å². The fourth-order valence-corrected chi connectivity index (χ4v) is 5.59. The van der Waals surface area contributed by atoms with Crippen LogP contribution in [0.3, 0.4) is 0 Å².